The SMILES string of the molecule is Cc1c(NC(=O)c2cc(C)n(-c3ccccc3C(F)(F)F)c2C)n[nH]c1-c1ccccc1. The molecule has 2 N–H and O–H groups in total. The van der Waals surface area contributed by atoms with Crippen molar-refractivity contribution in [1.82, 2.24) is 14.8 Å². The molecule has 2 heterocycles. The van der Waals surface area contributed by atoms with Crippen molar-refractivity contribution in [2.24, 2.45) is 0 Å². The van der Waals surface area contributed by atoms with Crippen LogP contribution < -0.4 is 5.32 Å². The molecule has 0 atom stereocenters. The smallest absolute Gasteiger partial charge is 0.317 e. The van der Waals surface area contributed by atoms with Gasteiger partial charge in [-0.2, -0.15) is 18.3 Å². The lowest BCUT2D eigenvalue weighted by Gasteiger charge is -2.16. The monoisotopic (exact) mass is 438 g/mol. The Bertz CT molecular complexity index is 1290. The number of carbonyl (C=O) groups is 1. The number of nitrogens with zero attached hydrogens (tertiary/aromatic N) is 2. The van der Waals surface area contributed by atoms with Gasteiger partial charge in [0.15, 0.2) is 5.82 Å². The first-order valence-electron chi connectivity index (χ1n) is 9.95. The maximum Gasteiger partial charge on any atom is 0.418 e. The number of hydrogen-bond donors (Lipinski definition) is 2. The van der Waals surface area contributed by atoms with Crippen molar-refractivity contribution in [3.8, 4) is 16.9 Å². The fourth-order valence-electron chi connectivity index (χ4n) is 3.85. The molecule has 0 radical (unpaired) electrons. The standard InChI is InChI=1S/C24H21F3N4O/c1-14-13-18(16(3)31(14)20-12-8-7-11-19(20)24(25,26)27)23(32)28-22-15(2)21(29-30-22)17-9-5-4-6-10-17/h4-13H,1-3H3,(H2,28,29,30,32). The van der Waals surface area contributed by atoms with Crippen molar-refractivity contribution in [3.05, 3.63) is 88.7 Å². The van der Waals surface area contributed by atoms with Crippen LogP contribution >= 0.6 is 0 Å². The summed E-state index contributed by atoms with van der Waals surface area (Å²) in [6.07, 6.45) is -4.51. The number of aryl methyl sites for hydroxylation is 1. The van der Waals surface area contributed by atoms with Crippen LogP contribution in [0.2, 0.25) is 0 Å². The van der Waals surface area contributed by atoms with Gasteiger partial charge in [0.25, 0.3) is 5.91 Å². The van der Waals surface area contributed by atoms with Crippen molar-refractivity contribution < 1.29 is 18.0 Å². The quantitative estimate of drug-likeness (QED) is 0.407. The van der Waals surface area contributed by atoms with Gasteiger partial charge in [0.1, 0.15) is 0 Å². The zero-order valence-corrected chi connectivity index (χ0v) is 17.7. The Morgan fingerprint density at radius 1 is 1.00 bits per heavy atom. The first kappa shape index (κ1) is 21.4. The van der Waals surface area contributed by atoms with E-state index in [1.807, 2.05) is 37.3 Å². The van der Waals surface area contributed by atoms with Crippen molar-refractivity contribution in [1.29, 1.82) is 0 Å². The minimum absolute atomic E-state index is 0.0173. The topological polar surface area (TPSA) is 62.7 Å². The molecule has 2 aromatic carbocycles. The van der Waals surface area contributed by atoms with E-state index in [9.17, 15) is 18.0 Å². The minimum Gasteiger partial charge on any atom is -0.317 e. The Kier molecular flexibility index (Phi) is 5.38. The van der Waals surface area contributed by atoms with Gasteiger partial charge >= 0.3 is 6.18 Å². The third-order valence-electron chi connectivity index (χ3n) is 5.43. The van der Waals surface area contributed by atoms with Crippen LogP contribution in [0.15, 0.2) is 60.7 Å². The fraction of sp³-hybridized carbons (Fsp3) is 0.167. The lowest BCUT2D eigenvalue weighted by molar-refractivity contribution is -0.137. The van der Waals surface area contributed by atoms with E-state index in [1.165, 1.54) is 16.7 Å². The van der Waals surface area contributed by atoms with E-state index >= 15 is 0 Å². The van der Waals surface area contributed by atoms with Gasteiger partial charge in [0.2, 0.25) is 0 Å². The second kappa shape index (κ2) is 8.03. The number of H-pyrrole nitrogens is 1. The van der Waals surface area contributed by atoms with Crippen molar-refractivity contribution in [2.45, 2.75) is 26.9 Å². The van der Waals surface area contributed by atoms with Crippen LogP contribution in [0.25, 0.3) is 16.9 Å². The number of benzene rings is 2. The van der Waals surface area contributed by atoms with Crippen molar-refractivity contribution in [3.63, 3.8) is 0 Å². The third-order valence-corrected chi connectivity index (χ3v) is 5.43. The van der Waals surface area contributed by atoms with Crippen LogP contribution in [0.1, 0.15) is 32.9 Å². The molecule has 0 bridgehead atoms. The number of para-hydroxylation sites is 1. The molecule has 1 amide bonds. The van der Waals surface area contributed by atoms with E-state index in [0.29, 0.717) is 17.2 Å². The summed E-state index contributed by atoms with van der Waals surface area (Å²) in [6.45, 7) is 5.14. The molecule has 0 saturated heterocycles. The molecule has 0 fully saturated rings. The molecule has 164 valence electrons. The molecule has 0 aliphatic heterocycles. The van der Waals surface area contributed by atoms with Gasteiger partial charge < -0.3 is 9.88 Å². The fourth-order valence-corrected chi connectivity index (χ4v) is 3.85. The third kappa shape index (κ3) is 3.79. The molecule has 2 aromatic heterocycles. The van der Waals surface area contributed by atoms with Gasteiger partial charge in [-0.3, -0.25) is 9.89 Å². The lowest BCUT2D eigenvalue weighted by atomic mass is 10.1. The average molecular weight is 438 g/mol. The summed E-state index contributed by atoms with van der Waals surface area (Å²) in [5.74, 6) is -0.0719. The number of aromatic nitrogens is 3. The summed E-state index contributed by atoms with van der Waals surface area (Å²) in [7, 11) is 0. The van der Waals surface area contributed by atoms with Crippen LogP contribution in [0.4, 0.5) is 19.0 Å². The Balaban J connectivity index is 1.68. The molecule has 32 heavy (non-hydrogen) atoms. The van der Waals surface area contributed by atoms with Gasteiger partial charge in [-0.25, -0.2) is 0 Å². The van der Waals surface area contributed by atoms with Gasteiger partial charge in [-0.1, -0.05) is 42.5 Å². The maximum absolute atomic E-state index is 13.5. The van der Waals surface area contributed by atoms with Gasteiger partial charge in [-0.15, -0.1) is 0 Å². The van der Waals surface area contributed by atoms with Crippen LogP contribution in [-0.2, 0) is 6.18 Å². The Morgan fingerprint density at radius 3 is 2.34 bits per heavy atom. The largest absolute Gasteiger partial charge is 0.418 e. The lowest BCUT2D eigenvalue weighted by Crippen LogP contribution is -2.15. The summed E-state index contributed by atoms with van der Waals surface area (Å²) in [5.41, 5.74) is 2.91. The molecular formula is C24H21F3N4O. The zero-order valence-electron chi connectivity index (χ0n) is 17.7. The normalized spacial score (nSPS) is 11.6. The van der Waals surface area contributed by atoms with Crippen LogP contribution in [-0.4, -0.2) is 20.7 Å². The zero-order chi connectivity index (χ0) is 23.0. The number of nitrogens with one attached hydrogen (secondary N) is 2. The van der Waals surface area contributed by atoms with Crippen molar-refractivity contribution >= 4 is 11.7 Å². The minimum atomic E-state index is -4.51. The highest BCUT2D eigenvalue weighted by atomic mass is 19.4. The Hall–Kier alpha value is -3.81. The highest BCUT2D eigenvalue weighted by molar-refractivity contribution is 6.05. The summed E-state index contributed by atoms with van der Waals surface area (Å²) in [5, 5.41) is 9.92. The number of carbonyl (C=O) groups excluding carboxylic acids is 1. The number of amides is 1. The highest BCUT2D eigenvalue weighted by Gasteiger charge is 2.34. The van der Waals surface area contributed by atoms with Crippen LogP contribution in [0, 0.1) is 20.8 Å². The van der Waals surface area contributed by atoms with E-state index in [0.717, 1.165) is 22.9 Å². The van der Waals surface area contributed by atoms with Crippen molar-refractivity contribution in [2.75, 3.05) is 5.32 Å². The van der Waals surface area contributed by atoms with E-state index in [1.54, 1.807) is 26.0 Å². The average Bonchev–Trinajstić information content (AvgIpc) is 3.27. The number of aromatic amines is 1. The predicted octanol–water partition coefficient (Wildman–Crippen LogP) is 6.06. The Labute approximate surface area is 182 Å². The first-order valence-corrected chi connectivity index (χ1v) is 9.95. The summed E-state index contributed by atoms with van der Waals surface area (Å²) in [6, 6.07) is 16.5. The number of rotatable bonds is 4. The van der Waals surface area contributed by atoms with Crippen LogP contribution in [0.5, 0.6) is 0 Å². The van der Waals surface area contributed by atoms with Gasteiger partial charge in [-0.05, 0) is 44.5 Å². The molecule has 4 rings (SSSR count). The predicted molar refractivity (Wildman–Crippen MR) is 117 cm³/mol. The highest BCUT2D eigenvalue weighted by Crippen LogP contribution is 2.35. The molecule has 0 aliphatic rings. The second-order valence-corrected chi connectivity index (χ2v) is 7.53. The maximum atomic E-state index is 13.5. The molecule has 0 spiro atoms. The second-order valence-electron chi connectivity index (χ2n) is 7.53. The molecule has 0 unspecified atom stereocenters. The number of anilines is 1. The Morgan fingerprint density at radius 2 is 1.66 bits per heavy atom. The number of hydrogen-bond acceptors (Lipinski definition) is 2. The van der Waals surface area contributed by atoms with E-state index in [4.69, 9.17) is 0 Å². The summed E-state index contributed by atoms with van der Waals surface area (Å²) in [4.78, 5) is 13.0. The molecule has 0 saturated carbocycles. The molecule has 5 nitrogen and oxygen atoms in total. The van der Waals surface area contributed by atoms with E-state index in [-0.39, 0.29) is 11.3 Å². The molecule has 0 aliphatic carbocycles. The first-order chi connectivity index (χ1) is 15.2. The van der Waals surface area contributed by atoms with Gasteiger partial charge in [0, 0.05) is 17.0 Å². The van der Waals surface area contributed by atoms with Gasteiger partial charge in [0.05, 0.1) is 22.5 Å². The summed E-state index contributed by atoms with van der Waals surface area (Å²) < 4.78 is 42.0. The summed E-state index contributed by atoms with van der Waals surface area (Å²) >= 11 is 0. The molecule has 4 aromatic rings. The number of alkyl halides is 3. The van der Waals surface area contributed by atoms with E-state index < -0.39 is 17.6 Å². The van der Waals surface area contributed by atoms with E-state index in [2.05, 4.69) is 15.5 Å². The molecule has 8 heteroatoms. The van der Waals surface area contributed by atoms with Crippen LogP contribution in [0.3, 0.4) is 0 Å². The number of halogens is 3. The molecular weight excluding hydrogens is 417 g/mol.